The Labute approximate surface area is 126 Å². The molecule has 0 bridgehead atoms. The molecule has 0 aliphatic carbocycles. The number of hydrogen-bond donors (Lipinski definition) is 2. The summed E-state index contributed by atoms with van der Waals surface area (Å²) in [7, 11) is 0. The van der Waals surface area contributed by atoms with E-state index in [-0.39, 0.29) is 12.5 Å². The van der Waals surface area contributed by atoms with Gasteiger partial charge in [-0.25, -0.2) is 5.43 Å². The van der Waals surface area contributed by atoms with Crippen LogP contribution in [0.2, 0.25) is 5.02 Å². The Balaban J connectivity index is 1.81. The van der Waals surface area contributed by atoms with Gasteiger partial charge in [-0.2, -0.15) is 5.10 Å². The van der Waals surface area contributed by atoms with Crippen LogP contribution in [0.3, 0.4) is 0 Å². The summed E-state index contributed by atoms with van der Waals surface area (Å²) in [5.41, 5.74) is 4.15. The summed E-state index contributed by atoms with van der Waals surface area (Å²) in [6.07, 6.45) is 0. The van der Waals surface area contributed by atoms with Crippen molar-refractivity contribution in [2.75, 3.05) is 11.9 Å². The van der Waals surface area contributed by atoms with E-state index in [0.29, 0.717) is 5.02 Å². The lowest BCUT2D eigenvalue weighted by molar-refractivity contribution is -0.119. The highest BCUT2D eigenvalue weighted by molar-refractivity contribution is 7.12. The molecule has 0 radical (unpaired) electrons. The fourth-order valence-corrected chi connectivity index (χ4v) is 2.28. The topological polar surface area (TPSA) is 53.5 Å². The number of halogens is 1. The summed E-state index contributed by atoms with van der Waals surface area (Å²) < 4.78 is 0. The molecule has 2 aromatic rings. The Morgan fingerprint density at radius 1 is 1.30 bits per heavy atom. The molecule has 1 amide bonds. The fraction of sp³-hybridized carbons (Fsp3) is 0.143. The number of hydrazone groups is 1. The largest absolute Gasteiger partial charge is 0.376 e. The zero-order chi connectivity index (χ0) is 14.4. The van der Waals surface area contributed by atoms with Crippen LogP contribution in [0.5, 0.6) is 0 Å². The van der Waals surface area contributed by atoms with Gasteiger partial charge in [-0.3, -0.25) is 4.79 Å². The first-order valence-electron chi connectivity index (χ1n) is 6.01. The Bertz CT molecular complexity index is 593. The molecular weight excluding hydrogens is 294 g/mol. The molecule has 0 unspecified atom stereocenters. The number of hydrogen-bond acceptors (Lipinski definition) is 4. The minimum Gasteiger partial charge on any atom is -0.376 e. The van der Waals surface area contributed by atoms with Crippen molar-refractivity contribution < 1.29 is 4.79 Å². The number of anilines is 1. The van der Waals surface area contributed by atoms with Crippen molar-refractivity contribution in [3.8, 4) is 0 Å². The van der Waals surface area contributed by atoms with Crippen LogP contribution in [0.4, 0.5) is 5.69 Å². The van der Waals surface area contributed by atoms with Crippen LogP contribution in [0.15, 0.2) is 46.9 Å². The lowest BCUT2D eigenvalue weighted by Crippen LogP contribution is -2.26. The predicted molar refractivity (Wildman–Crippen MR) is 84.6 cm³/mol. The van der Waals surface area contributed by atoms with Gasteiger partial charge in [0.2, 0.25) is 0 Å². The van der Waals surface area contributed by atoms with Crippen LogP contribution < -0.4 is 10.7 Å². The molecule has 0 saturated heterocycles. The minimum atomic E-state index is -0.198. The van der Waals surface area contributed by atoms with Gasteiger partial charge in [0.1, 0.15) is 0 Å². The molecule has 0 aliphatic rings. The molecule has 1 aromatic heterocycles. The maximum atomic E-state index is 11.7. The van der Waals surface area contributed by atoms with Gasteiger partial charge in [-0.15, -0.1) is 11.3 Å². The third kappa shape index (κ3) is 4.36. The molecular formula is C14H14ClN3OS. The molecule has 2 N–H and O–H groups in total. The van der Waals surface area contributed by atoms with E-state index >= 15 is 0 Å². The standard InChI is InChI=1S/C14H14ClN3OS/c1-10(13-3-2-8-20-13)17-18-14(19)9-16-12-6-4-11(15)5-7-12/h2-8,16H,9H2,1H3,(H,18,19)/b17-10-. The van der Waals surface area contributed by atoms with Gasteiger partial charge in [0, 0.05) is 15.6 Å². The van der Waals surface area contributed by atoms with E-state index in [0.717, 1.165) is 16.3 Å². The van der Waals surface area contributed by atoms with Crippen molar-refractivity contribution in [1.82, 2.24) is 5.43 Å². The fourth-order valence-electron chi connectivity index (χ4n) is 1.48. The molecule has 0 atom stereocenters. The van der Waals surface area contributed by atoms with Gasteiger partial charge in [0.25, 0.3) is 5.91 Å². The molecule has 0 aliphatic heterocycles. The highest BCUT2D eigenvalue weighted by Gasteiger charge is 2.02. The van der Waals surface area contributed by atoms with Gasteiger partial charge >= 0.3 is 0 Å². The van der Waals surface area contributed by atoms with E-state index in [4.69, 9.17) is 11.6 Å². The van der Waals surface area contributed by atoms with E-state index in [1.807, 2.05) is 36.6 Å². The number of thiophene rings is 1. The monoisotopic (exact) mass is 307 g/mol. The van der Waals surface area contributed by atoms with E-state index in [9.17, 15) is 4.79 Å². The van der Waals surface area contributed by atoms with E-state index in [1.54, 1.807) is 23.5 Å². The number of carbonyl (C=O) groups is 1. The Hall–Kier alpha value is -1.85. The molecule has 6 heteroatoms. The van der Waals surface area contributed by atoms with Crippen LogP contribution >= 0.6 is 22.9 Å². The molecule has 4 nitrogen and oxygen atoms in total. The predicted octanol–water partition coefficient (Wildman–Crippen LogP) is 3.35. The Morgan fingerprint density at radius 2 is 2.05 bits per heavy atom. The normalized spacial score (nSPS) is 11.2. The van der Waals surface area contributed by atoms with Gasteiger partial charge < -0.3 is 5.32 Å². The number of benzene rings is 1. The second-order valence-corrected chi connectivity index (χ2v) is 5.45. The van der Waals surface area contributed by atoms with Gasteiger partial charge in [-0.1, -0.05) is 17.7 Å². The highest BCUT2D eigenvalue weighted by Crippen LogP contribution is 2.13. The molecule has 0 fully saturated rings. The summed E-state index contributed by atoms with van der Waals surface area (Å²) in [5, 5.41) is 9.69. The smallest absolute Gasteiger partial charge is 0.259 e. The molecule has 1 aromatic carbocycles. The lowest BCUT2D eigenvalue weighted by atomic mass is 10.3. The third-order valence-corrected chi connectivity index (χ3v) is 3.75. The summed E-state index contributed by atoms with van der Waals surface area (Å²) in [4.78, 5) is 12.7. The summed E-state index contributed by atoms with van der Waals surface area (Å²) in [5.74, 6) is -0.198. The van der Waals surface area contributed by atoms with Crippen molar-refractivity contribution in [2.45, 2.75) is 6.92 Å². The van der Waals surface area contributed by atoms with Gasteiger partial charge in [-0.05, 0) is 42.6 Å². The zero-order valence-electron chi connectivity index (χ0n) is 10.9. The van der Waals surface area contributed by atoms with Crippen molar-refractivity contribution in [1.29, 1.82) is 0 Å². The first kappa shape index (κ1) is 14.6. The number of rotatable bonds is 5. The van der Waals surface area contributed by atoms with E-state index in [1.165, 1.54) is 0 Å². The Kier molecular flexibility index (Phi) is 5.15. The second-order valence-electron chi connectivity index (χ2n) is 4.07. The molecule has 104 valence electrons. The highest BCUT2D eigenvalue weighted by atomic mass is 35.5. The zero-order valence-corrected chi connectivity index (χ0v) is 12.5. The third-order valence-electron chi connectivity index (χ3n) is 2.52. The molecule has 1 heterocycles. The number of carbonyl (C=O) groups excluding carboxylic acids is 1. The molecule has 0 spiro atoms. The van der Waals surface area contributed by atoms with E-state index in [2.05, 4.69) is 15.8 Å². The van der Waals surface area contributed by atoms with Gasteiger partial charge in [0.05, 0.1) is 12.3 Å². The SMILES string of the molecule is C/C(=N/NC(=O)CNc1ccc(Cl)cc1)c1cccs1. The van der Waals surface area contributed by atoms with Crippen LogP contribution in [0.25, 0.3) is 0 Å². The van der Waals surface area contributed by atoms with E-state index < -0.39 is 0 Å². The summed E-state index contributed by atoms with van der Waals surface area (Å²) in [6, 6.07) is 11.1. The minimum absolute atomic E-state index is 0.156. The van der Waals surface area contributed by atoms with Crippen LogP contribution in [-0.2, 0) is 4.79 Å². The number of amides is 1. The quantitative estimate of drug-likeness (QED) is 0.657. The first-order valence-corrected chi connectivity index (χ1v) is 7.27. The molecule has 2 rings (SSSR count). The Morgan fingerprint density at radius 3 is 2.70 bits per heavy atom. The average molecular weight is 308 g/mol. The van der Waals surface area contributed by atoms with Crippen LogP contribution in [0.1, 0.15) is 11.8 Å². The van der Waals surface area contributed by atoms with Crippen LogP contribution in [0, 0.1) is 0 Å². The maximum Gasteiger partial charge on any atom is 0.259 e. The van der Waals surface area contributed by atoms with Crippen molar-refractivity contribution in [3.63, 3.8) is 0 Å². The van der Waals surface area contributed by atoms with Crippen molar-refractivity contribution >= 4 is 40.2 Å². The summed E-state index contributed by atoms with van der Waals surface area (Å²) >= 11 is 7.37. The number of nitrogens with one attached hydrogen (secondary N) is 2. The second kappa shape index (κ2) is 7.07. The molecule has 20 heavy (non-hydrogen) atoms. The van der Waals surface area contributed by atoms with Crippen molar-refractivity contribution in [3.05, 3.63) is 51.7 Å². The summed E-state index contributed by atoms with van der Waals surface area (Å²) in [6.45, 7) is 2.02. The molecule has 0 saturated carbocycles. The maximum absolute atomic E-state index is 11.7. The first-order chi connectivity index (χ1) is 9.65. The van der Waals surface area contributed by atoms with Gasteiger partial charge in [0.15, 0.2) is 0 Å². The average Bonchev–Trinajstić information content (AvgIpc) is 2.98. The van der Waals surface area contributed by atoms with Crippen LogP contribution in [-0.4, -0.2) is 18.2 Å². The van der Waals surface area contributed by atoms with Crippen molar-refractivity contribution in [2.24, 2.45) is 5.10 Å². The number of nitrogens with zero attached hydrogens (tertiary/aromatic N) is 1. The lowest BCUT2D eigenvalue weighted by Gasteiger charge is -2.05.